The Morgan fingerprint density at radius 2 is 0.538 bits per heavy atom. The van der Waals surface area contributed by atoms with E-state index in [0.717, 1.165) is 0 Å². The molecule has 0 unspecified atom stereocenters. The molecule has 0 aromatic heterocycles. The smallest absolute Gasteiger partial charge is 0.696 e. The predicted octanol–water partition coefficient (Wildman–Crippen LogP) is 0.0550. The first-order valence-electron chi connectivity index (χ1n) is 1.71. The van der Waals surface area contributed by atoms with Gasteiger partial charge in [0.15, 0.2) is 0 Å². The second kappa shape index (κ2) is 103. The van der Waals surface area contributed by atoms with Crippen LogP contribution in [0.25, 0.3) is 0 Å². The van der Waals surface area contributed by atoms with Crippen LogP contribution in [0, 0.1) is 42.7 Å². The first kappa shape index (κ1) is 29.4. The van der Waals surface area contributed by atoms with Crippen LogP contribution in [-0.2, 0) is 71.6 Å². The zero-order chi connectivity index (χ0) is 10.8. The average Bonchev–Trinajstić information content (AvgIpc) is 1.92. The van der Waals surface area contributed by atoms with Crippen LogP contribution >= 0.6 is 0 Å². The molecule has 0 aliphatic rings. The van der Waals surface area contributed by atoms with E-state index in [4.69, 9.17) is 21.0 Å². The minimum atomic E-state index is 0. The van der Waals surface area contributed by atoms with E-state index in [-0.39, 0.29) is 21.1 Å². The van der Waals surface area contributed by atoms with Crippen molar-refractivity contribution in [3.05, 3.63) is 0 Å². The van der Waals surface area contributed by atoms with E-state index in [1.54, 1.807) is 0 Å². The minimum Gasteiger partial charge on any atom is -0.696 e. The molecule has 0 aromatic rings. The van der Waals surface area contributed by atoms with E-state index in [9.17, 15) is 0 Å². The normalized spacial score (nSPS) is 2.15. The molecule has 13 heavy (non-hydrogen) atoms. The van der Waals surface area contributed by atoms with Gasteiger partial charge in [-0.1, -0.05) is 21.6 Å². The van der Waals surface area contributed by atoms with E-state index in [1.807, 2.05) is 0 Å². The van der Waals surface area contributed by atoms with Gasteiger partial charge in [-0.2, -0.15) is 0 Å². The molecule has 0 amide bonds. The molecule has 0 N–H and O–H groups in total. The van der Waals surface area contributed by atoms with Crippen LogP contribution < -0.4 is 0 Å². The van der Waals surface area contributed by atoms with Gasteiger partial charge in [-0.15, -0.1) is 0 Å². The molecule has 0 fully saturated rings. The molecule has 0 atom stereocenters. The van der Waals surface area contributed by atoms with Crippen molar-refractivity contribution in [1.29, 1.82) is 21.0 Å². The fourth-order valence-corrected chi connectivity index (χ4v) is 0. The number of thiocyanates is 4. The van der Waals surface area contributed by atoms with Gasteiger partial charge in [0.05, 0.1) is 0 Å². The molecule has 0 aliphatic heterocycles. The van der Waals surface area contributed by atoms with E-state index in [1.165, 1.54) is 21.6 Å². The van der Waals surface area contributed by atoms with Crippen molar-refractivity contribution in [2.45, 2.75) is 0 Å². The summed E-state index contributed by atoms with van der Waals surface area (Å²) in [4.78, 5) is 0. The van der Waals surface area contributed by atoms with Crippen LogP contribution in [0.3, 0.4) is 0 Å². The maximum atomic E-state index is 7.13. The van der Waals surface area contributed by atoms with Gasteiger partial charge in [0.2, 0.25) is 0 Å². The van der Waals surface area contributed by atoms with Crippen LogP contribution in [0.5, 0.6) is 0 Å². The van der Waals surface area contributed by atoms with Crippen LogP contribution in [-0.4, -0.2) is 0 Å². The molecule has 0 heterocycles. The third-order valence-electron chi connectivity index (χ3n) is 0. The monoisotopic (exact) mass is 427 g/mol. The maximum absolute atomic E-state index is 7.13. The van der Waals surface area contributed by atoms with Gasteiger partial charge in [0.1, 0.15) is 0 Å². The molecule has 9 heteroatoms. The minimum absolute atomic E-state index is 0. The largest absolute Gasteiger partial charge is 4.00 e. The summed E-state index contributed by atoms with van der Waals surface area (Å²) in [5, 5.41) is 33.9. The number of hydrogen-bond acceptors (Lipinski definition) is 8. The zero-order valence-electron chi connectivity index (χ0n) is 5.74. The van der Waals surface area contributed by atoms with Gasteiger partial charge >= 0.3 is 21.1 Å². The fourth-order valence-electron chi connectivity index (χ4n) is 0. The van der Waals surface area contributed by atoms with Crippen molar-refractivity contribution in [3.8, 4) is 21.6 Å². The topological polar surface area (TPSA) is 95.2 Å². The van der Waals surface area contributed by atoms with Gasteiger partial charge in [-0.25, -0.2) is 21.0 Å². The Bertz CT molecular complexity index is 158. The standard InChI is InChI=1S/4CHNS.Pt/c4*2-1-3;/h4*3H;/q;;;;+4/p-4. The summed E-state index contributed by atoms with van der Waals surface area (Å²) in [7, 11) is 0. The van der Waals surface area contributed by atoms with Crippen LogP contribution in [0.1, 0.15) is 0 Å². The van der Waals surface area contributed by atoms with Crippen molar-refractivity contribution >= 4 is 50.5 Å². The zero-order valence-corrected chi connectivity index (χ0v) is 11.3. The summed E-state index contributed by atoms with van der Waals surface area (Å²) in [6.45, 7) is 0. The number of nitriles is 4. The van der Waals surface area contributed by atoms with Gasteiger partial charge in [-0.3, -0.25) is 0 Å². The van der Waals surface area contributed by atoms with E-state index >= 15 is 0 Å². The molecule has 0 bridgehead atoms. The third-order valence-corrected chi connectivity index (χ3v) is 0. The van der Waals surface area contributed by atoms with Crippen LogP contribution in [0.15, 0.2) is 0 Å². The summed E-state index contributed by atoms with van der Waals surface area (Å²) >= 11 is 14.8. The van der Waals surface area contributed by atoms with Crippen molar-refractivity contribution in [3.63, 3.8) is 0 Å². The van der Waals surface area contributed by atoms with Crippen LogP contribution in [0.4, 0.5) is 0 Å². The molecule has 0 rings (SSSR count). The summed E-state index contributed by atoms with van der Waals surface area (Å²) < 4.78 is 0. The summed E-state index contributed by atoms with van der Waals surface area (Å²) in [5.41, 5.74) is 0. The van der Waals surface area contributed by atoms with E-state index < -0.39 is 0 Å². The molecule has 0 aromatic carbocycles. The van der Waals surface area contributed by atoms with Gasteiger partial charge in [0.25, 0.3) is 0 Å². The number of nitrogens with zero attached hydrogens (tertiary/aromatic N) is 4. The second-order valence-electron chi connectivity index (χ2n) is 0.365. The Kier molecular flexibility index (Phi) is 232. The Hall–Kier alpha value is -0.472. The van der Waals surface area contributed by atoms with Gasteiger partial charge < -0.3 is 50.5 Å². The Balaban J connectivity index is -0.0000000213. The molecular formula is C4N4PtS4. The molecule has 0 saturated carbocycles. The molecule has 0 aliphatic carbocycles. The first-order chi connectivity index (χ1) is 5.66. The van der Waals surface area contributed by atoms with Gasteiger partial charge in [0, 0.05) is 0 Å². The Labute approximate surface area is 113 Å². The molecule has 0 radical (unpaired) electrons. The Morgan fingerprint density at radius 1 is 0.538 bits per heavy atom. The third kappa shape index (κ3) is 4700. The predicted molar refractivity (Wildman–Crippen MR) is 51.9 cm³/mol. The van der Waals surface area contributed by atoms with Crippen molar-refractivity contribution in [1.82, 2.24) is 0 Å². The maximum Gasteiger partial charge on any atom is 4.00 e. The number of rotatable bonds is 0. The Morgan fingerprint density at radius 3 is 0.538 bits per heavy atom. The average molecular weight is 427 g/mol. The molecule has 0 spiro atoms. The van der Waals surface area contributed by atoms with Crippen molar-refractivity contribution in [2.24, 2.45) is 0 Å². The summed E-state index contributed by atoms with van der Waals surface area (Å²) in [6, 6.07) is 0. The van der Waals surface area contributed by atoms with Crippen LogP contribution in [0.2, 0.25) is 0 Å². The van der Waals surface area contributed by atoms with Crippen molar-refractivity contribution in [2.75, 3.05) is 0 Å². The van der Waals surface area contributed by atoms with Gasteiger partial charge in [-0.05, 0) is 0 Å². The first-order valence-corrected chi connectivity index (χ1v) is 3.34. The SMILES string of the molecule is N#C[S-].N#C[S-].N#C[S-].N#C[S-].[Pt+4]. The van der Waals surface area contributed by atoms with E-state index in [0.29, 0.717) is 0 Å². The molecule has 70 valence electrons. The molecular weight excluding hydrogens is 427 g/mol. The summed E-state index contributed by atoms with van der Waals surface area (Å²) in [5.74, 6) is 0. The van der Waals surface area contributed by atoms with Crippen molar-refractivity contribution < 1.29 is 21.1 Å². The summed E-state index contributed by atoms with van der Waals surface area (Å²) in [6.07, 6.45) is 0. The van der Waals surface area contributed by atoms with E-state index in [2.05, 4.69) is 50.5 Å². The second-order valence-corrected chi connectivity index (χ2v) is 1.10. The fraction of sp³-hybridized carbons (Fsp3) is 0. The quantitative estimate of drug-likeness (QED) is 0.396. The molecule has 0 saturated heterocycles. The number of hydrogen-bond donors (Lipinski definition) is 0. The molecule has 4 nitrogen and oxygen atoms in total.